The number of hydrogen-bond acceptors (Lipinski definition) is 2. The van der Waals surface area contributed by atoms with Crippen LogP contribution >= 0.6 is 11.6 Å². The summed E-state index contributed by atoms with van der Waals surface area (Å²) in [6.45, 7) is 5.26. The zero-order chi connectivity index (χ0) is 11.4. The van der Waals surface area contributed by atoms with Gasteiger partial charge in [-0.25, -0.2) is 0 Å². The van der Waals surface area contributed by atoms with E-state index in [1.807, 2.05) is 21.0 Å². The van der Waals surface area contributed by atoms with Gasteiger partial charge in [0.25, 0.3) is 0 Å². The molecule has 1 heterocycles. The predicted molar refractivity (Wildman–Crippen MR) is 64.4 cm³/mol. The van der Waals surface area contributed by atoms with Gasteiger partial charge in [-0.05, 0) is 32.9 Å². The summed E-state index contributed by atoms with van der Waals surface area (Å²) in [4.78, 5) is 0. The second kappa shape index (κ2) is 5.52. The second-order valence-corrected chi connectivity index (χ2v) is 4.37. The van der Waals surface area contributed by atoms with E-state index in [1.54, 1.807) is 4.68 Å². The van der Waals surface area contributed by atoms with Crippen LogP contribution in [0, 0.1) is 12.8 Å². The number of aromatic nitrogens is 2. The van der Waals surface area contributed by atoms with Gasteiger partial charge in [-0.15, -0.1) is 0 Å². The summed E-state index contributed by atoms with van der Waals surface area (Å²) in [5.74, 6) is 0.635. The third-order valence-corrected chi connectivity index (χ3v) is 3.31. The van der Waals surface area contributed by atoms with Gasteiger partial charge in [0.1, 0.15) is 5.15 Å². The highest BCUT2D eigenvalue weighted by molar-refractivity contribution is 6.30. The fourth-order valence-electron chi connectivity index (χ4n) is 1.84. The molecule has 0 aliphatic heterocycles. The fourth-order valence-corrected chi connectivity index (χ4v) is 2.10. The number of halogens is 1. The van der Waals surface area contributed by atoms with Crippen LogP contribution in [0.4, 0.5) is 0 Å². The number of hydrogen-bond donors (Lipinski definition) is 1. The zero-order valence-corrected chi connectivity index (χ0v) is 10.7. The third kappa shape index (κ3) is 2.95. The highest BCUT2D eigenvalue weighted by atomic mass is 35.5. The number of nitrogens with one attached hydrogen (secondary N) is 1. The van der Waals surface area contributed by atoms with Gasteiger partial charge in [0, 0.05) is 12.6 Å². The molecule has 1 N–H and O–H groups in total. The van der Waals surface area contributed by atoms with Crippen molar-refractivity contribution >= 4 is 11.6 Å². The number of aryl methyl sites for hydroxylation is 2. The van der Waals surface area contributed by atoms with Crippen LogP contribution in [0.1, 0.15) is 24.6 Å². The van der Waals surface area contributed by atoms with Crippen molar-refractivity contribution in [3.8, 4) is 0 Å². The van der Waals surface area contributed by atoms with Crippen LogP contribution in [-0.2, 0) is 13.5 Å². The number of nitrogens with zero attached hydrogens (tertiary/aromatic N) is 2. The summed E-state index contributed by atoms with van der Waals surface area (Å²) in [5.41, 5.74) is 2.25. The van der Waals surface area contributed by atoms with Gasteiger partial charge in [-0.1, -0.05) is 24.9 Å². The molecule has 0 amide bonds. The molecule has 15 heavy (non-hydrogen) atoms. The zero-order valence-electron chi connectivity index (χ0n) is 9.97. The summed E-state index contributed by atoms with van der Waals surface area (Å²) < 4.78 is 1.75. The first-order chi connectivity index (χ1) is 7.10. The average molecular weight is 230 g/mol. The van der Waals surface area contributed by atoms with Crippen molar-refractivity contribution in [3.05, 3.63) is 16.4 Å². The quantitative estimate of drug-likeness (QED) is 0.839. The summed E-state index contributed by atoms with van der Waals surface area (Å²) in [6.07, 6.45) is 2.17. The molecule has 1 atom stereocenters. The lowest BCUT2D eigenvalue weighted by Gasteiger charge is -2.13. The van der Waals surface area contributed by atoms with E-state index in [4.69, 9.17) is 11.6 Å². The maximum atomic E-state index is 6.20. The monoisotopic (exact) mass is 229 g/mol. The molecule has 86 valence electrons. The Hall–Kier alpha value is -0.540. The molecular weight excluding hydrogens is 210 g/mol. The predicted octanol–water partition coefficient (Wildman–Crippen LogP) is 2.17. The van der Waals surface area contributed by atoms with Gasteiger partial charge in [-0.3, -0.25) is 4.68 Å². The summed E-state index contributed by atoms with van der Waals surface area (Å²) in [5, 5.41) is 8.32. The van der Waals surface area contributed by atoms with Crippen LogP contribution < -0.4 is 5.32 Å². The van der Waals surface area contributed by atoms with Crippen molar-refractivity contribution in [1.29, 1.82) is 0 Å². The fraction of sp³-hybridized carbons (Fsp3) is 0.727. The molecule has 0 aliphatic carbocycles. The van der Waals surface area contributed by atoms with Crippen LogP contribution in [0.2, 0.25) is 5.15 Å². The maximum absolute atomic E-state index is 6.20. The van der Waals surface area contributed by atoms with Gasteiger partial charge in [0.15, 0.2) is 0 Å². The first-order valence-electron chi connectivity index (χ1n) is 5.42. The van der Waals surface area contributed by atoms with E-state index in [0.717, 1.165) is 30.2 Å². The van der Waals surface area contributed by atoms with Crippen LogP contribution in [0.15, 0.2) is 0 Å². The van der Waals surface area contributed by atoms with E-state index < -0.39 is 0 Å². The molecule has 0 saturated heterocycles. The lowest BCUT2D eigenvalue weighted by molar-refractivity contribution is 0.480. The Balaban J connectivity index is 2.78. The van der Waals surface area contributed by atoms with Crippen molar-refractivity contribution in [2.75, 3.05) is 13.6 Å². The number of rotatable bonds is 5. The molecule has 1 aromatic rings. The van der Waals surface area contributed by atoms with E-state index in [1.165, 1.54) is 5.56 Å². The minimum atomic E-state index is 0.635. The van der Waals surface area contributed by atoms with Crippen LogP contribution in [0.3, 0.4) is 0 Å². The molecular formula is C11H20ClN3. The molecule has 0 bridgehead atoms. The van der Waals surface area contributed by atoms with Crippen LogP contribution in [0.5, 0.6) is 0 Å². The van der Waals surface area contributed by atoms with Crippen molar-refractivity contribution in [1.82, 2.24) is 15.1 Å². The molecule has 0 fully saturated rings. The highest BCUT2D eigenvalue weighted by Crippen LogP contribution is 2.22. The summed E-state index contributed by atoms with van der Waals surface area (Å²) in [6, 6.07) is 0. The van der Waals surface area contributed by atoms with Crippen molar-refractivity contribution < 1.29 is 0 Å². The minimum absolute atomic E-state index is 0.635. The van der Waals surface area contributed by atoms with E-state index in [2.05, 4.69) is 17.3 Å². The molecule has 0 aliphatic rings. The van der Waals surface area contributed by atoms with Gasteiger partial charge in [0.2, 0.25) is 0 Å². The second-order valence-electron chi connectivity index (χ2n) is 4.01. The largest absolute Gasteiger partial charge is 0.319 e. The normalized spacial score (nSPS) is 13.1. The molecule has 0 spiro atoms. The molecule has 1 aromatic heterocycles. The van der Waals surface area contributed by atoms with Crippen LogP contribution in [-0.4, -0.2) is 23.4 Å². The van der Waals surface area contributed by atoms with E-state index in [9.17, 15) is 0 Å². The minimum Gasteiger partial charge on any atom is -0.319 e. The molecule has 4 heteroatoms. The van der Waals surface area contributed by atoms with E-state index >= 15 is 0 Å². The molecule has 0 aromatic carbocycles. The molecule has 3 nitrogen and oxygen atoms in total. The lowest BCUT2D eigenvalue weighted by atomic mass is 9.97. The third-order valence-electron chi connectivity index (χ3n) is 2.83. The Labute approximate surface area is 96.8 Å². The standard InChI is InChI=1S/C11H20ClN3/c1-5-9(7-13-3)6-10-8(2)14-15(4)11(10)12/h9,13H,5-7H2,1-4H3. The van der Waals surface area contributed by atoms with Gasteiger partial charge >= 0.3 is 0 Å². The highest BCUT2D eigenvalue weighted by Gasteiger charge is 2.15. The van der Waals surface area contributed by atoms with Crippen molar-refractivity contribution in [2.45, 2.75) is 26.7 Å². The first-order valence-corrected chi connectivity index (χ1v) is 5.80. The summed E-state index contributed by atoms with van der Waals surface area (Å²) in [7, 11) is 3.87. The topological polar surface area (TPSA) is 29.9 Å². The first kappa shape index (κ1) is 12.5. The lowest BCUT2D eigenvalue weighted by Crippen LogP contribution is -2.20. The van der Waals surface area contributed by atoms with Crippen molar-refractivity contribution in [3.63, 3.8) is 0 Å². The molecule has 1 unspecified atom stereocenters. The molecule has 0 radical (unpaired) electrons. The molecule has 0 saturated carbocycles. The SMILES string of the molecule is CCC(CNC)Cc1c(C)nn(C)c1Cl. The Morgan fingerprint density at radius 3 is 2.60 bits per heavy atom. The maximum Gasteiger partial charge on any atom is 0.130 e. The van der Waals surface area contributed by atoms with Gasteiger partial charge in [-0.2, -0.15) is 5.10 Å². The Morgan fingerprint density at radius 2 is 2.20 bits per heavy atom. The Bertz CT molecular complexity index is 320. The van der Waals surface area contributed by atoms with Gasteiger partial charge < -0.3 is 5.32 Å². The van der Waals surface area contributed by atoms with Crippen LogP contribution in [0.25, 0.3) is 0 Å². The summed E-state index contributed by atoms with van der Waals surface area (Å²) >= 11 is 6.20. The van der Waals surface area contributed by atoms with E-state index in [-0.39, 0.29) is 0 Å². The smallest absolute Gasteiger partial charge is 0.130 e. The van der Waals surface area contributed by atoms with Crippen molar-refractivity contribution in [2.24, 2.45) is 13.0 Å². The average Bonchev–Trinajstić information content (AvgIpc) is 2.44. The molecule has 1 rings (SSSR count). The Kier molecular flexibility index (Phi) is 4.61. The van der Waals surface area contributed by atoms with Gasteiger partial charge in [0.05, 0.1) is 5.69 Å². The Morgan fingerprint density at radius 1 is 1.53 bits per heavy atom. The van der Waals surface area contributed by atoms with E-state index in [0.29, 0.717) is 5.92 Å².